The Morgan fingerprint density at radius 2 is 1.92 bits per heavy atom. The number of halogens is 3. The van der Waals surface area contributed by atoms with Crippen LogP contribution in [0.25, 0.3) is 0 Å². The highest BCUT2D eigenvalue weighted by Gasteiger charge is 2.36. The normalized spacial score (nSPS) is 13.9. The molecule has 1 rings (SSSR count). The Balaban J connectivity index is 2.61. The summed E-state index contributed by atoms with van der Waals surface area (Å²) in [6, 6.07) is 5.24. The molecule has 0 spiro atoms. The van der Waals surface area contributed by atoms with Crippen molar-refractivity contribution in [1.82, 2.24) is 5.32 Å². The minimum atomic E-state index is -4.67. The summed E-state index contributed by atoms with van der Waals surface area (Å²) in [7, 11) is 1.52. The number of rotatable bonds is 8. The maximum atomic E-state index is 12.3. The number of nitrogens with one attached hydrogen (secondary N) is 1. The van der Waals surface area contributed by atoms with Crippen molar-refractivity contribution in [3.8, 4) is 5.75 Å². The van der Waals surface area contributed by atoms with Crippen molar-refractivity contribution in [2.75, 3.05) is 7.11 Å². The number of hydrogen-bond donors (Lipinski definition) is 2. The van der Waals surface area contributed by atoms with E-state index in [9.17, 15) is 22.8 Å². The van der Waals surface area contributed by atoms with Crippen LogP contribution < -0.4 is 10.1 Å². The van der Waals surface area contributed by atoms with Crippen LogP contribution in [0.3, 0.4) is 0 Å². The van der Waals surface area contributed by atoms with Gasteiger partial charge in [-0.05, 0) is 24.0 Å². The molecule has 0 aromatic heterocycles. The molecule has 0 aliphatic carbocycles. The van der Waals surface area contributed by atoms with E-state index in [1.54, 1.807) is 19.1 Å². The lowest BCUT2D eigenvalue weighted by atomic mass is 9.97. The summed E-state index contributed by atoms with van der Waals surface area (Å²) >= 11 is 0. The monoisotopic (exact) mass is 347 g/mol. The van der Waals surface area contributed by atoms with E-state index in [0.717, 1.165) is 5.56 Å². The van der Waals surface area contributed by atoms with Crippen molar-refractivity contribution in [3.63, 3.8) is 0 Å². The number of carbonyl (C=O) groups is 2. The van der Waals surface area contributed by atoms with E-state index in [0.29, 0.717) is 12.2 Å². The van der Waals surface area contributed by atoms with Crippen LogP contribution in [0.1, 0.15) is 25.3 Å². The van der Waals surface area contributed by atoms with Gasteiger partial charge in [0.2, 0.25) is 5.91 Å². The third-order valence-electron chi connectivity index (χ3n) is 3.36. The van der Waals surface area contributed by atoms with Crippen LogP contribution in [-0.2, 0) is 16.0 Å². The Kier molecular flexibility index (Phi) is 7.06. The summed E-state index contributed by atoms with van der Waals surface area (Å²) in [5, 5.41) is 10.7. The van der Waals surface area contributed by atoms with E-state index in [4.69, 9.17) is 9.84 Å². The van der Waals surface area contributed by atoms with Crippen LogP contribution >= 0.6 is 0 Å². The predicted molar refractivity (Wildman–Crippen MR) is 80.7 cm³/mol. The topological polar surface area (TPSA) is 75.6 Å². The molecule has 8 heteroatoms. The fraction of sp³-hybridized carbons (Fsp3) is 0.500. The Morgan fingerprint density at radius 3 is 2.46 bits per heavy atom. The standard InChI is InChI=1S/C16H20F3NO4/c1-10(7-11-5-3-4-6-13(11)24-2)8-14(21)20-12(15(22)23)9-16(17,18)19/h3-6,10,12H,7-9H2,1-2H3,(H,20,21)(H,22,23). The van der Waals surface area contributed by atoms with E-state index in [-0.39, 0.29) is 12.3 Å². The van der Waals surface area contributed by atoms with Gasteiger partial charge in [0.1, 0.15) is 11.8 Å². The average Bonchev–Trinajstić information content (AvgIpc) is 2.45. The minimum absolute atomic E-state index is 0.0836. The van der Waals surface area contributed by atoms with Crippen LogP contribution in [0.5, 0.6) is 5.75 Å². The van der Waals surface area contributed by atoms with E-state index >= 15 is 0 Å². The van der Waals surface area contributed by atoms with Gasteiger partial charge in [0.05, 0.1) is 13.5 Å². The molecular formula is C16H20F3NO4. The predicted octanol–water partition coefficient (Wildman–Crippen LogP) is 2.79. The lowest BCUT2D eigenvalue weighted by molar-refractivity contribution is -0.160. The SMILES string of the molecule is COc1ccccc1CC(C)CC(=O)NC(CC(F)(F)F)C(=O)O. The summed E-state index contributed by atoms with van der Waals surface area (Å²) in [5.41, 5.74) is 0.866. The van der Waals surface area contributed by atoms with Gasteiger partial charge >= 0.3 is 12.1 Å². The molecule has 24 heavy (non-hydrogen) atoms. The molecular weight excluding hydrogens is 327 g/mol. The number of carboxylic acids is 1. The number of methoxy groups -OCH3 is 1. The van der Waals surface area contributed by atoms with Crippen LogP contribution in [0.15, 0.2) is 24.3 Å². The number of benzene rings is 1. The number of para-hydroxylation sites is 1. The van der Waals surface area contributed by atoms with Crippen molar-refractivity contribution in [2.45, 2.75) is 38.4 Å². The quantitative estimate of drug-likeness (QED) is 0.758. The van der Waals surface area contributed by atoms with Gasteiger partial charge in [-0.15, -0.1) is 0 Å². The first-order valence-electron chi connectivity index (χ1n) is 7.33. The van der Waals surface area contributed by atoms with Gasteiger partial charge in [-0.3, -0.25) is 4.79 Å². The Morgan fingerprint density at radius 1 is 1.29 bits per heavy atom. The second-order valence-electron chi connectivity index (χ2n) is 5.60. The fourth-order valence-electron chi connectivity index (χ4n) is 2.32. The van der Waals surface area contributed by atoms with Gasteiger partial charge in [-0.25, -0.2) is 4.79 Å². The smallest absolute Gasteiger partial charge is 0.391 e. The average molecular weight is 347 g/mol. The molecule has 5 nitrogen and oxygen atoms in total. The molecule has 2 N–H and O–H groups in total. The molecule has 1 aromatic rings. The highest BCUT2D eigenvalue weighted by atomic mass is 19.4. The van der Waals surface area contributed by atoms with Crippen LogP contribution in [0, 0.1) is 5.92 Å². The largest absolute Gasteiger partial charge is 0.496 e. The number of carbonyl (C=O) groups excluding carboxylic acids is 1. The van der Waals surface area contributed by atoms with Crippen molar-refractivity contribution in [1.29, 1.82) is 0 Å². The summed E-state index contributed by atoms with van der Waals surface area (Å²) < 4.78 is 42.2. The molecule has 0 aliphatic rings. The van der Waals surface area contributed by atoms with Crippen molar-refractivity contribution in [2.24, 2.45) is 5.92 Å². The van der Waals surface area contributed by atoms with Crippen LogP contribution in [0.4, 0.5) is 13.2 Å². The van der Waals surface area contributed by atoms with Gasteiger partial charge in [0, 0.05) is 6.42 Å². The highest BCUT2D eigenvalue weighted by molar-refractivity contribution is 5.83. The molecule has 1 aromatic carbocycles. The summed E-state index contributed by atoms with van der Waals surface area (Å²) in [5.74, 6) is -1.97. The van der Waals surface area contributed by atoms with Crippen molar-refractivity contribution in [3.05, 3.63) is 29.8 Å². The number of alkyl halides is 3. The lowest BCUT2D eigenvalue weighted by Crippen LogP contribution is -2.44. The molecule has 0 saturated carbocycles. The molecule has 0 fully saturated rings. The molecule has 0 bridgehead atoms. The second kappa shape index (κ2) is 8.56. The molecule has 0 heterocycles. The van der Waals surface area contributed by atoms with E-state index in [1.165, 1.54) is 7.11 Å². The van der Waals surface area contributed by atoms with Crippen molar-refractivity contribution < 1.29 is 32.6 Å². The number of ether oxygens (including phenoxy) is 1. The highest BCUT2D eigenvalue weighted by Crippen LogP contribution is 2.23. The van der Waals surface area contributed by atoms with Gasteiger partial charge in [0.25, 0.3) is 0 Å². The Hall–Kier alpha value is -2.25. The molecule has 2 atom stereocenters. The Bertz CT molecular complexity index is 575. The second-order valence-corrected chi connectivity index (χ2v) is 5.60. The number of amides is 1. The molecule has 0 radical (unpaired) electrons. The first-order chi connectivity index (χ1) is 11.1. The Labute approximate surface area is 137 Å². The molecule has 0 aliphatic heterocycles. The van der Waals surface area contributed by atoms with Gasteiger partial charge in [0.15, 0.2) is 0 Å². The zero-order chi connectivity index (χ0) is 18.3. The third-order valence-corrected chi connectivity index (χ3v) is 3.36. The number of carboxylic acid groups (broad SMARTS) is 1. The van der Waals surface area contributed by atoms with Crippen LogP contribution in [-0.4, -0.2) is 36.3 Å². The fourth-order valence-corrected chi connectivity index (χ4v) is 2.32. The first-order valence-corrected chi connectivity index (χ1v) is 7.33. The zero-order valence-electron chi connectivity index (χ0n) is 13.4. The molecule has 1 amide bonds. The first kappa shape index (κ1) is 19.8. The van der Waals surface area contributed by atoms with Gasteiger partial charge in [-0.2, -0.15) is 13.2 Å². The summed E-state index contributed by atoms with van der Waals surface area (Å²) in [6.45, 7) is 1.76. The maximum Gasteiger partial charge on any atom is 0.391 e. The molecule has 0 saturated heterocycles. The van der Waals surface area contributed by atoms with Gasteiger partial charge < -0.3 is 15.2 Å². The minimum Gasteiger partial charge on any atom is -0.496 e. The zero-order valence-corrected chi connectivity index (χ0v) is 13.4. The number of aliphatic carboxylic acids is 1. The third kappa shape index (κ3) is 6.89. The number of hydrogen-bond acceptors (Lipinski definition) is 3. The van der Waals surface area contributed by atoms with Crippen LogP contribution in [0.2, 0.25) is 0 Å². The van der Waals surface area contributed by atoms with E-state index in [1.807, 2.05) is 17.4 Å². The summed E-state index contributed by atoms with van der Waals surface area (Å²) in [4.78, 5) is 22.7. The van der Waals surface area contributed by atoms with Gasteiger partial charge in [-0.1, -0.05) is 25.1 Å². The lowest BCUT2D eigenvalue weighted by Gasteiger charge is -2.18. The van der Waals surface area contributed by atoms with Crippen molar-refractivity contribution >= 4 is 11.9 Å². The molecule has 2 unspecified atom stereocenters. The maximum absolute atomic E-state index is 12.3. The van der Waals surface area contributed by atoms with E-state index in [2.05, 4.69) is 0 Å². The summed E-state index contributed by atoms with van der Waals surface area (Å²) in [6.07, 6.45) is -5.87. The molecule has 134 valence electrons. The van der Waals surface area contributed by atoms with E-state index < -0.39 is 30.5 Å².